The zero-order chi connectivity index (χ0) is 14.1. The summed E-state index contributed by atoms with van der Waals surface area (Å²) in [4.78, 5) is 9.00. The smallest absolute Gasteiger partial charge is 0.481 e. The first-order valence-corrected chi connectivity index (χ1v) is 4.10. The van der Waals surface area contributed by atoms with Gasteiger partial charge in [0.1, 0.15) is 0 Å². The summed E-state index contributed by atoms with van der Waals surface area (Å²) in [6.07, 6.45) is 0. The van der Waals surface area contributed by atoms with E-state index in [0.29, 0.717) is 0 Å². The molecule has 0 spiro atoms. The summed E-state index contributed by atoms with van der Waals surface area (Å²) in [5.74, 6) is -0.833. The van der Waals surface area contributed by atoms with Crippen molar-refractivity contribution in [2.24, 2.45) is 0 Å². The van der Waals surface area contributed by atoms with E-state index in [4.69, 9.17) is 20.7 Å². The fourth-order valence-electron chi connectivity index (χ4n) is 0.663. The quantitative estimate of drug-likeness (QED) is 0.421. The topological polar surface area (TPSA) is 84.9 Å². The predicted molar refractivity (Wildman–Crippen MR) is 51.6 cm³/mol. The Morgan fingerprint density at radius 1 is 1.12 bits per heavy atom. The van der Waals surface area contributed by atoms with Gasteiger partial charge < -0.3 is 22.4 Å². The van der Waals surface area contributed by atoms with Gasteiger partial charge in [0.2, 0.25) is 5.39 Å². The molecule has 9 heteroatoms. The molecule has 0 atom stereocenters. The van der Waals surface area contributed by atoms with Gasteiger partial charge in [-0.2, -0.15) is 0 Å². The maximum atomic E-state index is 9.75. The Morgan fingerprint density at radius 3 is 1.24 bits per heavy atom. The normalized spacial score (nSPS) is 9.12. The average Bonchev–Trinajstić information content (AvgIpc) is 2.11. The third-order valence-electron chi connectivity index (χ3n) is 1.22. The lowest BCUT2D eigenvalue weighted by Crippen LogP contribution is -2.11. The van der Waals surface area contributed by atoms with Crippen molar-refractivity contribution in [3.05, 3.63) is 24.3 Å². The second-order valence-electron chi connectivity index (χ2n) is 2.59. The van der Waals surface area contributed by atoms with Gasteiger partial charge in [-0.1, -0.05) is 24.3 Å². The molecule has 0 unspecified atom stereocenters. The molecule has 0 fully saturated rings. The highest BCUT2D eigenvalue weighted by molar-refractivity contribution is 6.50. The minimum Gasteiger partial charge on any atom is -0.481 e. The van der Waals surface area contributed by atoms with Crippen LogP contribution in [0, 0.1) is 5.39 Å². The molecule has 0 amide bonds. The minimum absolute atomic E-state index is 0.833. The molecule has 0 bridgehead atoms. The molecule has 0 radical (unpaired) electrons. The van der Waals surface area contributed by atoms with Gasteiger partial charge in [0.15, 0.2) is 0 Å². The molecule has 0 aromatic heterocycles. The maximum Gasteiger partial charge on any atom is 0.673 e. The number of hydrogen-bond donors (Lipinski definition) is 2. The van der Waals surface area contributed by atoms with Crippen LogP contribution in [-0.2, 0) is 4.79 Å². The molecule has 17 heavy (non-hydrogen) atoms. The largest absolute Gasteiger partial charge is 0.673 e. The number of carboxylic acids is 1. The highest BCUT2D eigenvalue weighted by Gasteiger charge is 2.20. The van der Waals surface area contributed by atoms with Crippen LogP contribution in [-0.4, -0.2) is 18.3 Å². The first kappa shape index (κ1) is 17.3. The molecule has 0 aromatic rings. The van der Waals surface area contributed by atoms with Crippen LogP contribution in [0.3, 0.4) is 0 Å². The van der Waals surface area contributed by atoms with Crippen LogP contribution in [0.15, 0.2) is 24.3 Å². The van der Waals surface area contributed by atoms with E-state index < -0.39 is 13.2 Å². The monoisotopic (exact) mass is 252 g/mol. The van der Waals surface area contributed by atoms with Crippen molar-refractivity contribution in [1.29, 1.82) is 5.39 Å². The van der Waals surface area contributed by atoms with E-state index in [1.165, 1.54) is 11.1 Å². The highest BCUT2D eigenvalue weighted by atomic mass is 19.5. The fraction of sp³-hybridized carbons (Fsp3) is 0.125. The van der Waals surface area contributed by atoms with Crippen LogP contribution in [0.5, 0.6) is 0 Å². The van der Waals surface area contributed by atoms with E-state index >= 15 is 0 Å². The van der Waals surface area contributed by atoms with Gasteiger partial charge >= 0.3 is 7.25 Å². The molecular formula is C8H9BF4N2O2. The van der Waals surface area contributed by atoms with E-state index in [1.54, 1.807) is 0 Å². The zero-order valence-electron chi connectivity index (χ0n) is 8.70. The molecule has 2 aliphatic rings. The lowest BCUT2D eigenvalue weighted by Gasteiger charge is -2.10. The van der Waals surface area contributed by atoms with Gasteiger partial charge in [0.25, 0.3) is 5.97 Å². The summed E-state index contributed by atoms with van der Waals surface area (Å²) in [5.41, 5.74) is 2.85. The Labute approximate surface area is 94.4 Å². The minimum atomic E-state index is -6.00. The Bertz CT molecular complexity index is 333. The van der Waals surface area contributed by atoms with Crippen molar-refractivity contribution in [2.45, 2.75) is 6.92 Å². The number of halogens is 4. The first-order valence-electron chi connectivity index (χ1n) is 4.10. The number of hydrogen-bond acceptors (Lipinski definition) is 2. The molecule has 0 saturated carbocycles. The van der Waals surface area contributed by atoms with Crippen molar-refractivity contribution < 1.29 is 32.6 Å². The SMILES string of the molecule is CC(=O)O.F[B-](F)(F)F.N#[NH+].c1cc2ccc1-2. The van der Waals surface area contributed by atoms with Gasteiger partial charge in [-0.3, -0.25) is 4.79 Å². The number of fused-ring (bicyclic) bond motifs is 1. The molecule has 2 N–H and O–H groups in total. The predicted octanol–water partition coefficient (Wildman–Crippen LogP) is 1.34. The van der Waals surface area contributed by atoms with E-state index in [1.807, 2.05) is 0 Å². The molecular weight excluding hydrogens is 243 g/mol. The molecule has 94 valence electrons. The summed E-state index contributed by atoms with van der Waals surface area (Å²) >= 11 is 0. The van der Waals surface area contributed by atoms with Gasteiger partial charge in [-0.25, -0.2) is 0 Å². The van der Waals surface area contributed by atoms with Crippen molar-refractivity contribution >= 4 is 13.2 Å². The molecule has 0 heterocycles. The first-order chi connectivity index (χ1) is 7.70. The third kappa shape index (κ3) is 13.9. The van der Waals surface area contributed by atoms with E-state index in [0.717, 1.165) is 6.92 Å². The lowest BCUT2D eigenvalue weighted by atomic mass is 9.95. The summed E-state index contributed by atoms with van der Waals surface area (Å²) in [6.45, 7) is 1.08. The van der Waals surface area contributed by atoms with Gasteiger partial charge in [-0.05, 0) is 11.1 Å². The Morgan fingerprint density at radius 2 is 1.24 bits per heavy atom. The van der Waals surface area contributed by atoms with Gasteiger partial charge in [-0.15, -0.1) is 0 Å². The second kappa shape index (κ2) is 8.09. The molecule has 4 nitrogen and oxygen atoms in total. The Balaban J connectivity index is 0. The number of nitrogens with zero attached hydrogens (tertiary/aromatic N) is 1. The van der Waals surface area contributed by atoms with Crippen molar-refractivity contribution in [1.82, 2.24) is 0 Å². The molecule has 0 aliphatic heterocycles. The Kier molecular flexibility index (Phi) is 8.23. The van der Waals surface area contributed by atoms with E-state index in [-0.39, 0.29) is 0 Å². The van der Waals surface area contributed by atoms with Gasteiger partial charge in [0, 0.05) is 6.92 Å². The van der Waals surface area contributed by atoms with Crippen molar-refractivity contribution in [3.8, 4) is 11.1 Å². The number of aliphatic carboxylic acids is 1. The van der Waals surface area contributed by atoms with Crippen LogP contribution in [0.4, 0.5) is 17.3 Å². The summed E-state index contributed by atoms with van der Waals surface area (Å²) in [5, 5.41) is 18.4. The number of carboxylic acid groups (broad SMARTS) is 1. The maximum absolute atomic E-state index is 9.75. The Hall–Kier alpha value is -2.11. The lowest BCUT2D eigenvalue weighted by molar-refractivity contribution is -0.175. The number of rotatable bonds is 0. The van der Waals surface area contributed by atoms with Crippen molar-refractivity contribution in [2.75, 3.05) is 0 Å². The zero-order valence-corrected chi connectivity index (χ0v) is 8.70. The molecule has 0 aromatic carbocycles. The van der Waals surface area contributed by atoms with Crippen LogP contribution in [0.25, 0.3) is 11.1 Å². The summed E-state index contributed by atoms with van der Waals surface area (Å²) in [6, 6.07) is 8.48. The average molecular weight is 252 g/mol. The molecule has 0 saturated heterocycles. The third-order valence-corrected chi connectivity index (χ3v) is 1.22. The van der Waals surface area contributed by atoms with Crippen LogP contribution >= 0.6 is 0 Å². The number of diazo groups is 1. The van der Waals surface area contributed by atoms with Crippen LogP contribution in [0.1, 0.15) is 6.92 Å². The number of nitrogens with one attached hydrogen (secondary N) is 1. The molecule has 2 aliphatic carbocycles. The van der Waals surface area contributed by atoms with E-state index in [2.05, 4.69) is 24.3 Å². The van der Waals surface area contributed by atoms with Gasteiger partial charge in [0.05, 0.1) is 5.39 Å². The fourth-order valence-corrected chi connectivity index (χ4v) is 0.663. The standard InChI is InChI=1S/C6H4.C2H4O2.BF4.N2/c1-2-6-4-3-5(1)6;1-2(3)4;2-1(3,4)5;1-2/h1-4H;1H3,(H,3,4);;/q;;-1;/p+1. The summed E-state index contributed by atoms with van der Waals surface area (Å²) < 4.78 is 39.0. The summed E-state index contributed by atoms with van der Waals surface area (Å²) in [7, 11) is -6.00. The van der Waals surface area contributed by atoms with Crippen molar-refractivity contribution in [3.63, 3.8) is 0 Å². The molecule has 2 rings (SSSR count). The van der Waals surface area contributed by atoms with Crippen LogP contribution in [0.2, 0.25) is 0 Å². The highest BCUT2D eigenvalue weighted by Crippen LogP contribution is 2.29. The second-order valence-corrected chi connectivity index (χ2v) is 2.59. The van der Waals surface area contributed by atoms with Crippen LogP contribution < -0.4 is 5.39 Å². The van der Waals surface area contributed by atoms with E-state index in [9.17, 15) is 17.3 Å². The number of carbonyl (C=O) groups is 1. The number of benzene rings is 1.